The number of rotatable bonds is 3. The first-order valence-electron chi connectivity index (χ1n) is 7.48. The first kappa shape index (κ1) is 19.1. The van der Waals surface area contributed by atoms with Gasteiger partial charge in [0.1, 0.15) is 12.4 Å². The molecule has 142 valence electrons. The maximum absolute atomic E-state index is 14.3. The molecule has 3 rings (SSSR count). The van der Waals surface area contributed by atoms with Gasteiger partial charge in [0.05, 0.1) is 15.4 Å². The third kappa shape index (κ3) is 3.72. The Morgan fingerprint density at radius 2 is 2.04 bits per heavy atom. The zero-order valence-electron chi connectivity index (χ0n) is 13.7. The molecular formula is C16H12BrF4N5O. The number of amides is 1. The number of anilines is 1. The van der Waals surface area contributed by atoms with Gasteiger partial charge in [0.25, 0.3) is 5.91 Å². The lowest BCUT2D eigenvalue weighted by atomic mass is 10.1. The van der Waals surface area contributed by atoms with Crippen LogP contribution in [0.25, 0.3) is 22.0 Å². The van der Waals surface area contributed by atoms with Crippen molar-refractivity contribution < 1.29 is 22.4 Å². The molecule has 0 fully saturated rings. The van der Waals surface area contributed by atoms with Gasteiger partial charge >= 0.3 is 6.18 Å². The summed E-state index contributed by atoms with van der Waals surface area (Å²) in [5.41, 5.74) is 6.77. The minimum absolute atomic E-state index is 0.219. The van der Waals surface area contributed by atoms with E-state index in [2.05, 4.69) is 25.9 Å². The minimum Gasteiger partial charge on any atom is -0.383 e. The Hall–Kier alpha value is -2.69. The summed E-state index contributed by atoms with van der Waals surface area (Å²) in [7, 11) is 1.76. The van der Waals surface area contributed by atoms with Gasteiger partial charge in [-0.1, -0.05) is 0 Å². The smallest absolute Gasteiger partial charge is 0.383 e. The number of halogens is 5. The Kier molecular flexibility index (Phi) is 4.81. The van der Waals surface area contributed by atoms with E-state index in [4.69, 9.17) is 5.73 Å². The topological polar surface area (TPSA) is 85.8 Å². The lowest BCUT2D eigenvalue weighted by molar-refractivity contribution is -0.123. The van der Waals surface area contributed by atoms with Crippen molar-refractivity contribution in [2.75, 3.05) is 12.3 Å². The van der Waals surface area contributed by atoms with Crippen molar-refractivity contribution in [2.24, 2.45) is 7.05 Å². The van der Waals surface area contributed by atoms with Crippen LogP contribution in [0.2, 0.25) is 0 Å². The molecule has 0 atom stereocenters. The van der Waals surface area contributed by atoms with Crippen LogP contribution >= 0.6 is 15.9 Å². The molecule has 0 aliphatic heterocycles. The largest absolute Gasteiger partial charge is 0.405 e. The van der Waals surface area contributed by atoms with Crippen LogP contribution < -0.4 is 11.1 Å². The van der Waals surface area contributed by atoms with Gasteiger partial charge in [-0.25, -0.2) is 14.4 Å². The highest BCUT2D eigenvalue weighted by Gasteiger charge is 2.29. The predicted octanol–water partition coefficient (Wildman–Crippen LogP) is 3.41. The fourth-order valence-electron chi connectivity index (χ4n) is 2.66. The summed E-state index contributed by atoms with van der Waals surface area (Å²) in [6.07, 6.45) is -0.185. The summed E-state index contributed by atoms with van der Waals surface area (Å²) in [5, 5.41) is 2.14. The van der Waals surface area contributed by atoms with Crippen molar-refractivity contribution in [3.8, 4) is 11.1 Å². The molecule has 3 N–H and O–H groups in total. The van der Waals surface area contributed by atoms with E-state index in [1.807, 2.05) is 0 Å². The maximum Gasteiger partial charge on any atom is 0.405 e. The number of carbonyl (C=O) groups excluding carboxylic acids is 1. The van der Waals surface area contributed by atoms with E-state index in [1.165, 1.54) is 12.4 Å². The molecule has 0 spiro atoms. The molecule has 3 aromatic heterocycles. The first-order chi connectivity index (χ1) is 12.6. The third-order valence-electron chi connectivity index (χ3n) is 3.80. The van der Waals surface area contributed by atoms with Gasteiger partial charge in [-0.3, -0.25) is 4.79 Å². The van der Waals surface area contributed by atoms with Crippen molar-refractivity contribution >= 4 is 38.6 Å². The van der Waals surface area contributed by atoms with Gasteiger partial charge in [0.15, 0.2) is 11.5 Å². The Bertz CT molecular complexity index is 1050. The number of carbonyl (C=O) groups is 1. The van der Waals surface area contributed by atoms with Crippen molar-refractivity contribution in [3.05, 3.63) is 40.6 Å². The number of fused-ring (bicyclic) bond motifs is 1. The molecule has 0 saturated heterocycles. The lowest BCUT2D eigenvalue weighted by Crippen LogP contribution is -2.34. The van der Waals surface area contributed by atoms with Gasteiger partial charge in [-0.15, -0.1) is 0 Å². The number of aromatic nitrogens is 3. The number of alkyl halides is 3. The second kappa shape index (κ2) is 6.80. The van der Waals surface area contributed by atoms with Crippen molar-refractivity contribution in [1.82, 2.24) is 19.9 Å². The highest BCUT2D eigenvalue weighted by molar-refractivity contribution is 9.10. The van der Waals surface area contributed by atoms with E-state index >= 15 is 0 Å². The number of nitrogens with two attached hydrogens (primary N) is 1. The van der Waals surface area contributed by atoms with Crippen LogP contribution in [0.15, 0.2) is 29.1 Å². The number of aryl methyl sites for hydroxylation is 1. The van der Waals surface area contributed by atoms with Crippen molar-refractivity contribution in [2.45, 2.75) is 6.18 Å². The number of nitrogens with zero attached hydrogens (tertiary/aromatic N) is 3. The normalized spacial score (nSPS) is 11.8. The monoisotopic (exact) mass is 445 g/mol. The molecule has 27 heavy (non-hydrogen) atoms. The van der Waals surface area contributed by atoms with Crippen LogP contribution in [0, 0.1) is 5.82 Å². The van der Waals surface area contributed by atoms with E-state index in [1.54, 1.807) is 23.1 Å². The Balaban J connectivity index is 2.01. The van der Waals surface area contributed by atoms with Crippen LogP contribution in [0.5, 0.6) is 0 Å². The van der Waals surface area contributed by atoms with Crippen LogP contribution in [-0.4, -0.2) is 33.2 Å². The number of hydrogen-bond donors (Lipinski definition) is 2. The van der Waals surface area contributed by atoms with E-state index in [0.717, 1.165) is 11.6 Å². The van der Waals surface area contributed by atoms with Crippen LogP contribution in [0.1, 0.15) is 10.5 Å². The molecule has 3 aromatic rings. The Morgan fingerprint density at radius 3 is 2.67 bits per heavy atom. The van der Waals surface area contributed by atoms with Crippen LogP contribution in [-0.2, 0) is 7.05 Å². The molecule has 1 amide bonds. The molecular weight excluding hydrogens is 434 g/mol. The van der Waals surface area contributed by atoms with Gasteiger partial charge in [-0.05, 0) is 22.0 Å². The van der Waals surface area contributed by atoms with E-state index in [-0.39, 0.29) is 5.82 Å². The van der Waals surface area contributed by atoms with Gasteiger partial charge < -0.3 is 15.6 Å². The molecule has 11 heteroatoms. The molecule has 0 radical (unpaired) electrons. The summed E-state index contributed by atoms with van der Waals surface area (Å²) < 4.78 is 53.3. The Morgan fingerprint density at radius 1 is 1.33 bits per heavy atom. The second-order valence-corrected chi connectivity index (χ2v) is 6.58. The zero-order valence-corrected chi connectivity index (χ0v) is 15.3. The quantitative estimate of drug-likeness (QED) is 0.604. The minimum atomic E-state index is -4.60. The van der Waals surface area contributed by atoms with Crippen molar-refractivity contribution in [1.29, 1.82) is 0 Å². The van der Waals surface area contributed by atoms with Crippen LogP contribution in [0.4, 0.5) is 23.4 Å². The summed E-state index contributed by atoms with van der Waals surface area (Å²) in [6.45, 7) is -1.58. The molecule has 0 bridgehead atoms. The first-order valence-corrected chi connectivity index (χ1v) is 8.27. The van der Waals surface area contributed by atoms with E-state index in [9.17, 15) is 22.4 Å². The molecule has 0 aliphatic rings. The molecule has 3 heterocycles. The standard InChI is InChI=1S/C16H12BrF4N5O/c1-26-5-8(11-13(26)9(17)4-24-14(11)22)7-2-10(18)12(23-3-7)15(27)25-6-16(19,20)21/h2-5H,6H2,1H3,(H2,22,24)(H,25,27). The number of hydrogen-bond acceptors (Lipinski definition) is 4. The summed E-state index contributed by atoms with van der Waals surface area (Å²) in [6, 6.07) is 1.02. The fourth-order valence-corrected chi connectivity index (χ4v) is 3.24. The van der Waals surface area contributed by atoms with Gasteiger partial charge in [0.2, 0.25) is 0 Å². The van der Waals surface area contributed by atoms with Crippen LogP contribution in [0.3, 0.4) is 0 Å². The van der Waals surface area contributed by atoms with Gasteiger partial charge in [0, 0.05) is 36.8 Å². The fraction of sp³-hybridized carbons (Fsp3) is 0.188. The SMILES string of the molecule is Cn1cc(-c2cnc(C(=O)NCC(F)(F)F)c(F)c2)c2c(N)ncc(Br)c21. The summed E-state index contributed by atoms with van der Waals surface area (Å²) >= 11 is 3.37. The molecule has 0 saturated carbocycles. The molecule has 0 unspecified atom stereocenters. The van der Waals surface area contributed by atoms with E-state index in [0.29, 0.717) is 21.0 Å². The number of pyridine rings is 2. The third-order valence-corrected chi connectivity index (χ3v) is 4.38. The summed E-state index contributed by atoms with van der Waals surface area (Å²) in [4.78, 5) is 19.5. The second-order valence-electron chi connectivity index (χ2n) is 5.72. The average Bonchev–Trinajstić information content (AvgIpc) is 2.94. The highest BCUT2D eigenvalue weighted by Crippen LogP contribution is 2.36. The van der Waals surface area contributed by atoms with Gasteiger partial charge in [-0.2, -0.15) is 13.2 Å². The average molecular weight is 446 g/mol. The summed E-state index contributed by atoms with van der Waals surface area (Å²) in [5.74, 6) is -2.08. The molecule has 6 nitrogen and oxygen atoms in total. The molecule has 0 aliphatic carbocycles. The predicted molar refractivity (Wildman–Crippen MR) is 94.4 cm³/mol. The highest BCUT2D eigenvalue weighted by atomic mass is 79.9. The Labute approximate surface area is 158 Å². The van der Waals surface area contributed by atoms with Crippen molar-refractivity contribution in [3.63, 3.8) is 0 Å². The molecule has 0 aromatic carbocycles. The van der Waals surface area contributed by atoms with E-state index < -0.39 is 30.1 Å². The maximum atomic E-state index is 14.3. The zero-order chi connectivity index (χ0) is 19.9. The lowest BCUT2D eigenvalue weighted by Gasteiger charge is -2.09. The number of nitrogens with one attached hydrogen (secondary N) is 1. The number of nitrogen functional groups attached to an aromatic ring is 1.